The highest BCUT2D eigenvalue weighted by molar-refractivity contribution is 9.10. The van der Waals surface area contributed by atoms with E-state index < -0.39 is 6.10 Å². The lowest BCUT2D eigenvalue weighted by Crippen LogP contribution is -2.19. The van der Waals surface area contributed by atoms with E-state index in [1.54, 1.807) is 0 Å². The van der Waals surface area contributed by atoms with Crippen molar-refractivity contribution in [3.8, 4) is 5.75 Å². The van der Waals surface area contributed by atoms with E-state index in [1.807, 2.05) is 18.2 Å². The van der Waals surface area contributed by atoms with E-state index in [0.29, 0.717) is 6.42 Å². The van der Waals surface area contributed by atoms with Gasteiger partial charge in [0.15, 0.2) is 0 Å². The van der Waals surface area contributed by atoms with Gasteiger partial charge in [-0.25, -0.2) is 0 Å². The fourth-order valence-corrected chi connectivity index (χ4v) is 3.05. The molecule has 0 aromatic heterocycles. The number of ether oxygens (including phenoxy) is 1. The summed E-state index contributed by atoms with van der Waals surface area (Å²) < 4.78 is 7.08. The Bertz CT molecular complexity index is 651. The first-order chi connectivity index (χ1) is 9.54. The Balaban J connectivity index is 2.00. The molecular formula is C17H17BrO2. The molecule has 0 fully saturated rings. The van der Waals surface area contributed by atoms with Crippen LogP contribution in [0.5, 0.6) is 5.75 Å². The van der Waals surface area contributed by atoms with E-state index in [-0.39, 0.29) is 6.10 Å². The fraction of sp³-hybridized carbons (Fsp3) is 0.294. The second-order valence-electron chi connectivity index (χ2n) is 5.40. The number of aliphatic hydroxyl groups excluding tert-OH is 1. The van der Waals surface area contributed by atoms with E-state index in [1.165, 1.54) is 11.1 Å². The first-order valence-corrected chi connectivity index (χ1v) is 7.55. The van der Waals surface area contributed by atoms with Crippen molar-refractivity contribution in [3.05, 3.63) is 63.1 Å². The van der Waals surface area contributed by atoms with Crippen molar-refractivity contribution in [3.63, 3.8) is 0 Å². The molecule has 104 valence electrons. The smallest absolute Gasteiger partial charge is 0.127 e. The Morgan fingerprint density at radius 3 is 2.70 bits per heavy atom. The van der Waals surface area contributed by atoms with E-state index >= 15 is 0 Å². The monoisotopic (exact) mass is 332 g/mol. The predicted molar refractivity (Wildman–Crippen MR) is 83.0 cm³/mol. The SMILES string of the molecule is Cc1ccc(C)c(C2CC(O)c3ccc(Br)cc3O2)c1. The van der Waals surface area contributed by atoms with Gasteiger partial charge in [-0.3, -0.25) is 0 Å². The molecule has 2 atom stereocenters. The van der Waals surface area contributed by atoms with Crippen molar-refractivity contribution in [2.24, 2.45) is 0 Å². The zero-order chi connectivity index (χ0) is 14.3. The summed E-state index contributed by atoms with van der Waals surface area (Å²) in [6, 6.07) is 12.1. The highest BCUT2D eigenvalue weighted by Gasteiger charge is 2.28. The number of hydrogen-bond acceptors (Lipinski definition) is 2. The molecule has 1 aliphatic rings. The van der Waals surface area contributed by atoms with Crippen LogP contribution in [-0.4, -0.2) is 5.11 Å². The van der Waals surface area contributed by atoms with Crippen LogP contribution in [0.3, 0.4) is 0 Å². The third-order valence-electron chi connectivity index (χ3n) is 3.82. The van der Waals surface area contributed by atoms with Crippen LogP contribution in [0.4, 0.5) is 0 Å². The highest BCUT2D eigenvalue weighted by Crippen LogP contribution is 2.42. The van der Waals surface area contributed by atoms with Crippen LogP contribution in [0, 0.1) is 13.8 Å². The van der Waals surface area contributed by atoms with Crippen LogP contribution in [0.1, 0.15) is 40.9 Å². The molecule has 20 heavy (non-hydrogen) atoms. The maximum absolute atomic E-state index is 10.3. The summed E-state index contributed by atoms with van der Waals surface area (Å²) in [7, 11) is 0. The summed E-state index contributed by atoms with van der Waals surface area (Å²) in [6.45, 7) is 4.16. The minimum Gasteiger partial charge on any atom is -0.485 e. The van der Waals surface area contributed by atoms with Gasteiger partial charge in [0.25, 0.3) is 0 Å². The van der Waals surface area contributed by atoms with Crippen LogP contribution < -0.4 is 4.74 Å². The van der Waals surface area contributed by atoms with Gasteiger partial charge < -0.3 is 9.84 Å². The van der Waals surface area contributed by atoms with Crippen LogP contribution in [0.2, 0.25) is 0 Å². The summed E-state index contributed by atoms with van der Waals surface area (Å²) in [5.41, 5.74) is 4.44. The summed E-state index contributed by atoms with van der Waals surface area (Å²) in [5.74, 6) is 0.768. The molecule has 1 N–H and O–H groups in total. The topological polar surface area (TPSA) is 29.5 Å². The fourth-order valence-electron chi connectivity index (χ4n) is 2.71. The lowest BCUT2D eigenvalue weighted by atomic mass is 9.92. The van der Waals surface area contributed by atoms with Gasteiger partial charge in [0.2, 0.25) is 0 Å². The third-order valence-corrected chi connectivity index (χ3v) is 4.32. The molecule has 2 aromatic carbocycles. The molecule has 1 heterocycles. The van der Waals surface area contributed by atoms with Crippen molar-refractivity contribution in [1.82, 2.24) is 0 Å². The number of fused-ring (bicyclic) bond motifs is 1. The number of benzene rings is 2. The third kappa shape index (κ3) is 2.48. The summed E-state index contributed by atoms with van der Waals surface area (Å²) >= 11 is 3.45. The zero-order valence-electron chi connectivity index (χ0n) is 11.6. The van der Waals surface area contributed by atoms with Gasteiger partial charge in [0.05, 0.1) is 6.10 Å². The van der Waals surface area contributed by atoms with Crippen molar-refractivity contribution in [2.75, 3.05) is 0 Å². The second-order valence-corrected chi connectivity index (χ2v) is 6.32. The molecule has 3 heteroatoms. The van der Waals surface area contributed by atoms with Gasteiger partial charge in [-0.1, -0.05) is 45.8 Å². The van der Waals surface area contributed by atoms with Crippen LogP contribution >= 0.6 is 15.9 Å². The van der Waals surface area contributed by atoms with Crippen molar-refractivity contribution >= 4 is 15.9 Å². The van der Waals surface area contributed by atoms with E-state index in [4.69, 9.17) is 4.74 Å². The minimum atomic E-state index is -0.475. The maximum atomic E-state index is 10.3. The summed E-state index contributed by atoms with van der Waals surface area (Å²) in [5, 5.41) is 10.3. The molecule has 3 rings (SSSR count). The van der Waals surface area contributed by atoms with Gasteiger partial charge in [-0.15, -0.1) is 0 Å². The standard InChI is InChI=1S/C17H17BrO2/c1-10-3-4-11(2)14(7-10)17-9-15(19)13-6-5-12(18)8-16(13)20-17/h3-8,15,17,19H,9H2,1-2H3. The number of rotatable bonds is 1. The number of halogens is 1. The molecule has 0 amide bonds. The Hall–Kier alpha value is -1.32. The molecule has 0 saturated carbocycles. The number of hydrogen-bond donors (Lipinski definition) is 1. The second kappa shape index (κ2) is 5.23. The average molecular weight is 333 g/mol. The van der Waals surface area contributed by atoms with Crippen LogP contribution in [-0.2, 0) is 0 Å². The Morgan fingerprint density at radius 2 is 1.90 bits per heavy atom. The zero-order valence-corrected chi connectivity index (χ0v) is 13.1. The Kier molecular flexibility index (Phi) is 3.57. The van der Waals surface area contributed by atoms with E-state index in [2.05, 4.69) is 48.0 Å². The molecular weight excluding hydrogens is 316 g/mol. The van der Waals surface area contributed by atoms with Gasteiger partial charge in [-0.05, 0) is 37.1 Å². The van der Waals surface area contributed by atoms with Crippen molar-refractivity contribution < 1.29 is 9.84 Å². The first-order valence-electron chi connectivity index (χ1n) is 6.76. The van der Waals surface area contributed by atoms with Gasteiger partial charge >= 0.3 is 0 Å². The van der Waals surface area contributed by atoms with Gasteiger partial charge in [0, 0.05) is 16.5 Å². The normalized spacial score (nSPS) is 21.2. The minimum absolute atomic E-state index is 0.0910. The molecule has 2 nitrogen and oxygen atoms in total. The maximum Gasteiger partial charge on any atom is 0.127 e. The average Bonchev–Trinajstić information content (AvgIpc) is 2.41. The molecule has 2 unspecified atom stereocenters. The van der Waals surface area contributed by atoms with Gasteiger partial charge in [-0.2, -0.15) is 0 Å². The molecule has 2 aromatic rings. The van der Waals surface area contributed by atoms with Crippen molar-refractivity contribution in [2.45, 2.75) is 32.5 Å². The van der Waals surface area contributed by atoms with Crippen LogP contribution in [0.25, 0.3) is 0 Å². The van der Waals surface area contributed by atoms with E-state index in [0.717, 1.165) is 21.3 Å². The molecule has 0 radical (unpaired) electrons. The molecule has 0 aliphatic carbocycles. The lowest BCUT2D eigenvalue weighted by molar-refractivity contribution is 0.0654. The Labute approximate surface area is 127 Å². The molecule has 0 spiro atoms. The van der Waals surface area contributed by atoms with Gasteiger partial charge in [0.1, 0.15) is 11.9 Å². The summed E-state index contributed by atoms with van der Waals surface area (Å²) in [4.78, 5) is 0. The predicted octanol–water partition coefficient (Wildman–Crippen LogP) is 4.62. The Morgan fingerprint density at radius 1 is 1.10 bits per heavy atom. The van der Waals surface area contributed by atoms with Crippen molar-refractivity contribution in [1.29, 1.82) is 0 Å². The largest absolute Gasteiger partial charge is 0.485 e. The highest BCUT2D eigenvalue weighted by atomic mass is 79.9. The van der Waals surface area contributed by atoms with Crippen LogP contribution in [0.15, 0.2) is 40.9 Å². The molecule has 1 aliphatic heterocycles. The number of aliphatic hydroxyl groups is 1. The lowest BCUT2D eigenvalue weighted by Gasteiger charge is -2.31. The summed E-state index contributed by atoms with van der Waals surface area (Å²) in [6.07, 6.45) is 0.0299. The first kappa shape index (κ1) is 13.7. The quantitative estimate of drug-likeness (QED) is 0.825. The number of aryl methyl sites for hydroxylation is 2. The molecule has 0 bridgehead atoms. The molecule has 0 saturated heterocycles. The van der Waals surface area contributed by atoms with E-state index in [9.17, 15) is 5.11 Å².